The Morgan fingerprint density at radius 1 is 0.859 bits per heavy atom. The van der Waals surface area contributed by atoms with Crippen molar-refractivity contribution in [3.05, 3.63) is 73.4 Å². The fourth-order valence-corrected chi connectivity index (χ4v) is 9.92. The number of aliphatic hydroxyl groups excluding tert-OH is 2. The Bertz CT molecular complexity index is 2310. The molecule has 28 heteroatoms. The van der Waals surface area contributed by atoms with E-state index >= 15 is 0 Å². The highest BCUT2D eigenvalue weighted by molar-refractivity contribution is 8.13. The summed E-state index contributed by atoms with van der Waals surface area (Å²) < 4.78 is 62.4. The Labute approximate surface area is 417 Å². The normalized spacial score (nSPS) is 20.2. The van der Waals surface area contributed by atoms with Gasteiger partial charge in [0, 0.05) is 37.1 Å². The van der Waals surface area contributed by atoms with Crippen LogP contribution in [0.15, 0.2) is 73.4 Å². The Balaban J connectivity index is 1.29. The Morgan fingerprint density at radius 3 is 2.08 bits per heavy atom. The van der Waals surface area contributed by atoms with Crippen molar-refractivity contribution in [1.82, 2.24) is 30.2 Å². The summed E-state index contributed by atoms with van der Waals surface area (Å²) in [6.07, 6.45) is 23.7. The van der Waals surface area contributed by atoms with Gasteiger partial charge < -0.3 is 50.9 Å². The van der Waals surface area contributed by atoms with Crippen LogP contribution in [-0.2, 0) is 50.7 Å². The number of imidazole rings is 1. The summed E-state index contributed by atoms with van der Waals surface area (Å²) >= 11 is 1.10. The summed E-state index contributed by atoms with van der Waals surface area (Å²) in [5.74, 6) is -1.11. The first-order valence-electron chi connectivity index (χ1n) is 22.9. The number of allylic oxidation sites excluding steroid dienone is 10. The van der Waals surface area contributed by atoms with E-state index in [1.54, 1.807) is 0 Å². The summed E-state index contributed by atoms with van der Waals surface area (Å²) in [6.45, 7) is 2.70. The average molecular weight is 1080 g/mol. The number of carbonyl (C=O) groups excluding carboxylic acids is 3. The van der Waals surface area contributed by atoms with Crippen LogP contribution in [0.2, 0.25) is 0 Å². The van der Waals surface area contributed by atoms with Crippen molar-refractivity contribution >= 4 is 69.1 Å². The molecule has 2 amide bonds. The lowest BCUT2D eigenvalue weighted by molar-refractivity contribution is -0.137. The van der Waals surface area contributed by atoms with Gasteiger partial charge in [-0.15, -0.1) is 0 Å². The van der Waals surface area contributed by atoms with E-state index in [1.165, 1.54) is 33.1 Å². The monoisotopic (exact) mass is 1080 g/mol. The summed E-state index contributed by atoms with van der Waals surface area (Å²) in [7, 11) is -16.4. The van der Waals surface area contributed by atoms with Gasteiger partial charge in [0.15, 0.2) is 22.8 Å². The number of nitrogens with one attached hydrogen (secondary N) is 2. The number of anilines is 1. The highest BCUT2D eigenvalue weighted by atomic mass is 32.2. The van der Waals surface area contributed by atoms with Crippen LogP contribution in [0, 0.1) is 5.41 Å². The molecule has 1 aliphatic rings. The molecule has 0 bridgehead atoms. The third-order valence-corrected chi connectivity index (χ3v) is 14.2. The lowest BCUT2D eigenvalue weighted by Gasteiger charge is -2.30. The van der Waals surface area contributed by atoms with Gasteiger partial charge in [0.2, 0.25) is 11.8 Å². The molecule has 71 heavy (non-hydrogen) atoms. The van der Waals surface area contributed by atoms with Gasteiger partial charge in [0.05, 0.1) is 19.5 Å². The molecule has 398 valence electrons. The van der Waals surface area contributed by atoms with E-state index in [0.717, 1.165) is 61.1 Å². The molecule has 7 atom stereocenters. The van der Waals surface area contributed by atoms with E-state index in [-0.39, 0.29) is 41.6 Å². The Kier molecular flexibility index (Phi) is 27.0. The van der Waals surface area contributed by atoms with E-state index in [0.29, 0.717) is 18.6 Å². The van der Waals surface area contributed by atoms with Crippen molar-refractivity contribution in [2.24, 2.45) is 5.41 Å². The van der Waals surface area contributed by atoms with E-state index in [2.05, 4.69) is 90.0 Å². The highest BCUT2D eigenvalue weighted by Crippen LogP contribution is 2.61. The molecule has 0 radical (unpaired) electrons. The molecule has 2 unspecified atom stereocenters. The maximum atomic E-state index is 12.7. The third-order valence-electron chi connectivity index (χ3n) is 10.2. The molecule has 1 fully saturated rings. The molecule has 24 nitrogen and oxygen atoms in total. The second kappa shape index (κ2) is 31.1. The van der Waals surface area contributed by atoms with Crippen LogP contribution >= 0.6 is 35.2 Å². The minimum absolute atomic E-state index is 0.0152. The first-order valence-corrected chi connectivity index (χ1v) is 28.4. The Morgan fingerprint density at radius 2 is 1.46 bits per heavy atom. The molecule has 3 rings (SSSR count). The number of aromatic nitrogens is 4. The Hall–Kier alpha value is -3.74. The number of rotatable bonds is 34. The zero-order valence-corrected chi connectivity index (χ0v) is 43.4. The van der Waals surface area contributed by atoms with Gasteiger partial charge >= 0.3 is 23.5 Å². The molecule has 2 aromatic rings. The maximum Gasteiger partial charge on any atom is 0.481 e. The predicted octanol–water partition coefficient (Wildman–Crippen LogP) is 5.37. The number of ether oxygens (including phenoxy) is 1. The third kappa shape index (κ3) is 23.8. The average Bonchev–Trinajstić information content (AvgIpc) is 3.86. The van der Waals surface area contributed by atoms with Crippen LogP contribution in [0.3, 0.4) is 0 Å². The van der Waals surface area contributed by atoms with Gasteiger partial charge in [-0.2, -0.15) is 4.31 Å². The molecule has 2 aromatic heterocycles. The van der Waals surface area contributed by atoms with Crippen LogP contribution < -0.4 is 16.4 Å². The van der Waals surface area contributed by atoms with Gasteiger partial charge in [0.1, 0.15) is 36.3 Å². The molecule has 0 saturated carbocycles. The summed E-state index contributed by atoms with van der Waals surface area (Å²) in [4.78, 5) is 88.4. The molecule has 1 saturated heterocycles. The quantitative estimate of drug-likeness (QED) is 0.0242. The van der Waals surface area contributed by atoms with E-state index in [9.17, 15) is 57.9 Å². The first-order chi connectivity index (χ1) is 33.6. The predicted molar refractivity (Wildman–Crippen MR) is 265 cm³/mol. The smallest absolute Gasteiger partial charge is 0.386 e. The molecule has 1 aliphatic heterocycles. The molecule has 0 aliphatic carbocycles. The fraction of sp³-hybridized carbons (Fsp3) is 0.581. The number of phosphoric ester groups is 3. The van der Waals surface area contributed by atoms with Crippen LogP contribution in [0.1, 0.15) is 97.6 Å². The summed E-state index contributed by atoms with van der Waals surface area (Å²) in [5, 5.41) is 26.6. The fourth-order valence-electron chi connectivity index (χ4n) is 6.40. The zero-order chi connectivity index (χ0) is 52.5. The number of thioether (sulfide) groups is 1. The first kappa shape index (κ1) is 61.6. The van der Waals surface area contributed by atoms with Crippen molar-refractivity contribution in [3.8, 4) is 0 Å². The molecule has 0 spiro atoms. The van der Waals surface area contributed by atoms with Crippen LogP contribution in [0.5, 0.6) is 0 Å². The van der Waals surface area contributed by atoms with Crippen LogP contribution in [0.4, 0.5) is 5.82 Å². The number of phosphoric acid groups is 3. The number of carbonyl (C=O) groups is 3. The van der Waals surface area contributed by atoms with E-state index in [4.69, 9.17) is 19.5 Å². The van der Waals surface area contributed by atoms with Gasteiger partial charge in [-0.05, 0) is 44.9 Å². The largest absolute Gasteiger partial charge is 0.481 e. The van der Waals surface area contributed by atoms with Crippen molar-refractivity contribution in [3.63, 3.8) is 0 Å². The van der Waals surface area contributed by atoms with Crippen molar-refractivity contribution in [2.75, 3.05) is 37.8 Å². The minimum atomic E-state index is -5.58. The van der Waals surface area contributed by atoms with Crippen LogP contribution in [-0.4, -0.2) is 123 Å². The number of hydrogen-bond donors (Lipinski definition) is 9. The van der Waals surface area contributed by atoms with Crippen LogP contribution in [0.25, 0.3) is 11.2 Å². The lowest BCUT2D eigenvalue weighted by Crippen LogP contribution is -2.46. The van der Waals surface area contributed by atoms with Crippen molar-refractivity contribution < 1.29 is 80.5 Å². The molecule has 0 aromatic carbocycles. The molecular formula is C43H68N7O17P3S. The minimum Gasteiger partial charge on any atom is -0.386 e. The molecule has 10 N–H and O–H groups in total. The number of hydrogen-bond acceptors (Lipinski definition) is 18. The number of fused-ring (bicyclic) bond motifs is 1. The van der Waals surface area contributed by atoms with Crippen molar-refractivity contribution in [1.29, 1.82) is 0 Å². The lowest BCUT2D eigenvalue weighted by atomic mass is 9.87. The SMILES string of the molecule is CCCCC/C=C\C/C=C\C/C=C\C/C=C\C/C=C\CCC(=O)SCCNC(=O)CCNC(=O)[C@H](O)C(C)(C)COP(=O)(O)OP(=O)(O)OC[C@H]1O[C@@H](n2cnc3c(N)ncnc32)[C@H](O)[C@@H]1OP(=O)(O)O. The highest BCUT2D eigenvalue weighted by Gasteiger charge is 2.50. The number of nitrogens with two attached hydrogens (primary N) is 1. The van der Waals surface area contributed by atoms with Gasteiger partial charge in [0.25, 0.3) is 0 Å². The zero-order valence-electron chi connectivity index (χ0n) is 39.9. The summed E-state index contributed by atoms with van der Waals surface area (Å²) in [6, 6.07) is 0. The van der Waals surface area contributed by atoms with Crippen molar-refractivity contribution in [2.45, 2.75) is 122 Å². The molecule has 3 heterocycles. The number of aliphatic hydroxyl groups is 2. The molecular weight excluding hydrogens is 1010 g/mol. The second-order valence-corrected chi connectivity index (χ2v) is 22.0. The number of amides is 2. The van der Waals surface area contributed by atoms with Gasteiger partial charge in [-0.3, -0.25) is 32.5 Å². The standard InChI is InChI=1S/C43H68N7O17P3S/c1-4-5-6-7-8-9-10-11-12-13-14-15-16-17-18-19-20-21-22-23-34(52)71-27-26-45-33(51)24-25-46-41(55)38(54)43(2,3)29-64-70(61,62)67-69(59,60)63-28-32-37(66-68(56,57)58)36(53)42(65-32)50-31-49-35-39(44)47-30-48-40(35)50/h8-9,11-12,14-15,17-18,20-21,30-32,36-38,42,53-54H,4-7,10,13,16,19,22-29H2,1-3H3,(H,45,51)(H,46,55)(H,59,60)(H,61,62)(H2,44,47,48)(H2,56,57,58)/b9-8-,12-11-,15-14-,18-17-,21-20-/t32-,36-,37-,38+,42-/m1/s1. The number of unbranched alkanes of at least 4 members (excludes halogenated alkanes) is 3. The topological polar surface area (TPSA) is 364 Å². The maximum absolute atomic E-state index is 12.7. The van der Waals surface area contributed by atoms with Gasteiger partial charge in [-0.1, -0.05) is 106 Å². The number of nitrogen functional groups attached to an aromatic ring is 1. The van der Waals surface area contributed by atoms with E-state index in [1.807, 2.05) is 12.2 Å². The van der Waals surface area contributed by atoms with Gasteiger partial charge in [-0.25, -0.2) is 28.6 Å². The second-order valence-electron chi connectivity index (χ2n) is 16.6. The number of nitrogens with zero attached hydrogens (tertiary/aromatic N) is 4. The summed E-state index contributed by atoms with van der Waals surface area (Å²) in [5.41, 5.74) is 4.27. The van der Waals surface area contributed by atoms with E-state index < -0.39 is 84.6 Å².